The lowest BCUT2D eigenvalue weighted by Gasteiger charge is -2.44. The molecule has 25 heteroatoms. The van der Waals surface area contributed by atoms with Crippen LogP contribution in [0.4, 0.5) is 0 Å². The number of ether oxygens (including phenoxy) is 4. The molecule has 1 fully saturated rings. The molecule has 0 spiro atoms. The summed E-state index contributed by atoms with van der Waals surface area (Å²) in [6.07, 6.45) is 27.6. The average Bonchev–Trinajstić information content (AvgIpc) is 0.758. The molecule has 0 amide bonds. The maximum absolute atomic E-state index is 12.2. The molecule has 6 aromatic heterocycles. The molecule has 11 aromatic rings. The van der Waals surface area contributed by atoms with Gasteiger partial charge in [0.2, 0.25) is 0 Å². The van der Waals surface area contributed by atoms with E-state index in [1.165, 1.54) is 44.5 Å². The van der Waals surface area contributed by atoms with Gasteiger partial charge in [-0.1, -0.05) is 129 Å². The van der Waals surface area contributed by atoms with Crippen molar-refractivity contribution in [2.45, 2.75) is 283 Å². The number of pyridine rings is 6. The number of methoxy groups -OCH3 is 2. The molecule has 13 rings (SSSR count). The summed E-state index contributed by atoms with van der Waals surface area (Å²) in [7, 11) is 15.7. The molecule has 0 bridgehead atoms. The number of aldehydes is 3. The summed E-state index contributed by atoms with van der Waals surface area (Å²) in [5, 5.41) is 119. The molecule has 786 valence electrons. The minimum absolute atomic E-state index is 0. The zero-order valence-electron chi connectivity index (χ0n) is 88.9. The van der Waals surface area contributed by atoms with Gasteiger partial charge in [0.05, 0.1) is 99.7 Å². The number of allylic oxidation sites excluding steroid dienone is 3. The number of aromatic nitrogens is 6. The van der Waals surface area contributed by atoms with E-state index in [0.29, 0.717) is 29.5 Å². The number of hydrogen-bond acceptors (Lipinski definition) is 19. The van der Waals surface area contributed by atoms with Gasteiger partial charge in [0.15, 0.2) is 80.7 Å². The summed E-state index contributed by atoms with van der Waals surface area (Å²) in [6, 6.07) is 68.4. The molecule has 147 heavy (non-hydrogen) atoms. The van der Waals surface area contributed by atoms with Gasteiger partial charge in [-0.3, -0.25) is 14.4 Å². The van der Waals surface area contributed by atoms with Gasteiger partial charge in [-0.05, 0) is 268 Å². The molecule has 0 radical (unpaired) electrons. The fraction of sp³-hybridized carbons (Fsp3) is 0.451. The summed E-state index contributed by atoms with van der Waals surface area (Å²) >= 11 is 0. The molecular formula is C122H161N6O19+7. The van der Waals surface area contributed by atoms with E-state index >= 15 is 0 Å². The molecule has 12 N–H and O–H groups in total. The number of carbonyl (C=O) groups is 3. The summed E-state index contributed by atoms with van der Waals surface area (Å²) in [5.74, 6) is 1.90. The quantitative estimate of drug-likeness (QED) is 0.0124. The molecule has 2 aliphatic rings. The number of carbonyl (C=O) groups excluding carboxylic acids is 3. The van der Waals surface area contributed by atoms with Gasteiger partial charge in [-0.15, -0.1) is 0 Å². The third kappa shape index (κ3) is 35.4. The normalized spacial score (nSPS) is 19.2. The van der Waals surface area contributed by atoms with Crippen molar-refractivity contribution in [2.75, 3.05) is 14.2 Å². The Morgan fingerprint density at radius 3 is 0.966 bits per heavy atom. The molecule has 7 heterocycles. The van der Waals surface area contributed by atoms with Crippen LogP contribution in [0.1, 0.15) is 284 Å². The number of aryl methyl sites for hydroxylation is 6. The Morgan fingerprint density at radius 1 is 0.327 bits per heavy atom. The van der Waals surface area contributed by atoms with E-state index in [1.807, 2.05) is 71.6 Å². The molecule has 0 saturated carbocycles. The van der Waals surface area contributed by atoms with Crippen molar-refractivity contribution >= 4 is 18.9 Å². The van der Waals surface area contributed by atoms with Crippen LogP contribution in [0.15, 0.2) is 292 Å². The van der Waals surface area contributed by atoms with Crippen LogP contribution in [-0.4, -0.2) is 180 Å². The second-order valence-electron chi connectivity index (χ2n) is 41.5. The molecule has 23 unspecified atom stereocenters. The number of aliphatic hydroxyl groups excluding tert-OH is 12. The Kier molecular flexibility index (Phi) is 45.2. The highest BCUT2D eigenvalue weighted by molar-refractivity contribution is 5.76. The molecule has 25 nitrogen and oxygen atoms in total. The summed E-state index contributed by atoms with van der Waals surface area (Å²) in [5.41, 5.74) is 15.9. The van der Waals surface area contributed by atoms with E-state index in [2.05, 4.69) is 299 Å². The van der Waals surface area contributed by atoms with E-state index in [4.69, 9.17) is 29.2 Å². The lowest BCUT2D eigenvalue weighted by Crippen LogP contribution is -2.38. The third-order valence-corrected chi connectivity index (χ3v) is 29.2. The monoisotopic (exact) mass is 2010 g/mol. The van der Waals surface area contributed by atoms with Crippen LogP contribution in [0, 0.1) is 11.8 Å². The number of aliphatic hydroxyl groups is 12. The maximum atomic E-state index is 12.2. The van der Waals surface area contributed by atoms with Crippen LogP contribution in [0.5, 0.6) is 5.75 Å². The molecule has 1 aliphatic carbocycles. The van der Waals surface area contributed by atoms with Gasteiger partial charge >= 0.3 is 1.43 Å². The highest BCUT2D eigenvalue weighted by Gasteiger charge is 2.46. The Bertz CT molecular complexity index is 5790. The highest BCUT2D eigenvalue weighted by atomic mass is 16.7. The topological polar surface area (TPSA) is 354 Å². The summed E-state index contributed by atoms with van der Waals surface area (Å²) in [6.45, 7) is 11.1. The molecule has 1 saturated heterocycles. The highest BCUT2D eigenvalue weighted by Crippen LogP contribution is 2.58. The first-order valence-corrected chi connectivity index (χ1v) is 51.9. The summed E-state index contributed by atoms with van der Waals surface area (Å²) < 4.78 is 37.0. The van der Waals surface area contributed by atoms with Crippen LogP contribution in [0.2, 0.25) is 0 Å². The summed E-state index contributed by atoms with van der Waals surface area (Å²) in [4.78, 5) is 35.8. The number of rotatable bonds is 50. The first kappa shape index (κ1) is 116. The van der Waals surface area contributed by atoms with E-state index in [0.717, 1.165) is 65.5 Å². The van der Waals surface area contributed by atoms with E-state index < -0.39 is 91.7 Å². The van der Waals surface area contributed by atoms with Crippen LogP contribution in [-0.2, 0) is 69.3 Å². The largest absolute Gasteiger partial charge is 1.00 e. The fourth-order valence-electron chi connectivity index (χ4n) is 21.7. The Balaban J connectivity index is 0.000000259. The molecule has 1 aliphatic heterocycles. The van der Waals surface area contributed by atoms with Gasteiger partial charge in [0, 0.05) is 101 Å². The second-order valence-corrected chi connectivity index (χ2v) is 41.5. The lowest BCUT2D eigenvalue weighted by molar-refractivity contribution is -0.671. The minimum atomic E-state index is -0.956. The first-order valence-electron chi connectivity index (χ1n) is 51.9. The standard InChI is InChI=1S/C61H80N3O9.C46H48N3O3.C15H32O7/c1-40(66)32-51(68)35-53(70)37-56-38-55(36-52(69)33-41(2)67)72-61(73-56)50-14-8-43(9-15-50)34-57(46-22-28-63(5)29-23-46)59(49-24-30-64(6)31-25-49)60(48-12-10-44(39-65)11-13-48)58(47-16-18-54(71-7)19-17-47)42(3)45-20-26-62(4)27-21-45;1-33(37-18-24-47(2)25-19-37)44(39-14-16-42(52-5)17-15-39)46(40-12-10-36(32-51)11-13-40)45(41-22-28-49(4)29-23-41)43(38-20-26-48(3)27-21-38)30-34-6-8-35(31-50)9-7-34;1-9(16)3-11(18)5-13(20)7-15(22)8-14(21)6-12(19)4-10(2)17/h8-16,18-31,39-42,47,51-53,55-61,66-70H,17,32-38H2,1-7H3;6-29,31-33,43-46H,30H2,1-5H3;9-22H,3-8H2,1-2H3/q2*+3;/p+1/t40?,41?,42-,47?,51?,52?,53?,55?,56?,57?,58?,59?,60?,61?;33-,43?,44?,45?,46?;/m00./s1. The Labute approximate surface area is 870 Å². The van der Waals surface area contributed by atoms with Gasteiger partial charge < -0.3 is 80.2 Å². The van der Waals surface area contributed by atoms with Gasteiger partial charge in [0.25, 0.3) is 0 Å². The zero-order chi connectivity index (χ0) is 106. The van der Waals surface area contributed by atoms with E-state index in [-0.39, 0.29) is 137 Å². The number of hydrogen-bond donors (Lipinski definition) is 12. The van der Waals surface area contributed by atoms with Crippen LogP contribution in [0.25, 0.3) is 0 Å². The SMILES string of the molecule is CC(O)CC(O)CC(O)CC(O)CC(O)CC(O)CC(C)O.COC1=CCC(C(C(c2ccc(C=O)cc2)C(c2cc[n+](C)cc2)C(Cc2ccc(C3OC(CC(O)CC(C)O)CC(CC(O)CC(O)CC(C)O)O3)cc2)c2cc[n+](C)cc2)[C@@H](C)c2cc[n+](C)cc2)C=C1.COc1ccc(C(C(c2ccc(C=O)cc2)C(c2cc[n+](C)cc2)C(Cc2ccc(C=O)cc2)c2cc[n+](C)cc2)[C@@H](C)c2cc[n+](C)cc2)cc1.[H+]. The van der Waals surface area contributed by atoms with Crippen molar-refractivity contribution in [2.24, 2.45) is 54.1 Å². The molecule has 5 aromatic carbocycles. The second kappa shape index (κ2) is 57.3. The van der Waals surface area contributed by atoms with Crippen molar-refractivity contribution in [3.8, 4) is 5.75 Å². The molecular weight excluding hydrogens is 1850 g/mol. The third-order valence-electron chi connectivity index (χ3n) is 29.2. The predicted octanol–water partition coefficient (Wildman–Crippen LogP) is 13.6. The minimum Gasteiger partial charge on any atom is -0.497 e. The molecule has 25 atom stereocenters. The first-order chi connectivity index (χ1) is 70.4. The lowest BCUT2D eigenvalue weighted by atomic mass is 9.59. The number of nitrogens with zero attached hydrogens (tertiary/aromatic N) is 6. The smallest absolute Gasteiger partial charge is 0.497 e. The van der Waals surface area contributed by atoms with Crippen LogP contribution in [0.3, 0.4) is 0 Å². The maximum Gasteiger partial charge on any atom is 1.00 e. The number of benzene rings is 5. The van der Waals surface area contributed by atoms with Crippen LogP contribution < -0.4 is 32.1 Å². The van der Waals surface area contributed by atoms with E-state index in [1.54, 1.807) is 41.9 Å². The zero-order valence-corrected chi connectivity index (χ0v) is 87.9. The fourth-order valence-corrected chi connectivity index (χ4v) is 21.7. The van der Waals surface area contributed by atoms with Gasteiger partial charge in [-0.2, -0.15) is 0 Å². The van der Waals surface area contributed by atoms with Crippen molar-refractivity contribution in [3.05, 3.63) is 376 Å². The predicted molar refractivity (Wildman–Crippen MR) is 564 cm³/mol. The Hall–Kier alpha value is -11.5. The van der Waals surface area contributed by atoms with Gasteiger partial charge in [-0.25, -0.2) is 27.4 Å². The Morgan fingerprint density at radius 2 is 0.619 bits per heavy atom. The van der Waals surface area contributed by atoms with Crippen molar-refractivity contribution in [1.29, 1.82) is 0 Å². The van der Waals surface area contributed by atoms with Crippen molar-refractivity contribution < 1.29 is 123 Å². The van der Waals surface area contributed by atoms with Gasteiger partial charge in [0.1, 0.15) is 72.7 Å². The average molecular weight is 2020 g/mol. The van der Waals surface area contributed by atoms with Crippen LogP contribution >= 0.6 is 0 Å². The van der Waals surface area contributed by atoms with E-state index in [9.17, 15) is 65.4 Å². The van der Waals surface area contributed by atoms with Crippen molar-refractivity contribution in [1.82, 2.24) is 0 Å². The van der Waals surface area contributed by atoms with Crippen molar-refractivity contribution in [3.63, 3.8) is 0 Å².